The van der Waals surface area contributed by atoms with E-state index in [0.717, 1.165) is 44.9 Å². The summed E-state index contributed by atoms with van der Waals surface area (Å²) in [4.78, 5) is 0.464. The van der Waals surface area contributed by atoms with Gasteiger partial charge in [-0.3, -0.25) is 0 Å². The van der Waals surface area contributed by atoms with Gasteiger partial charge in [0.15, 0.2) is 0 Å². The number of halogens is 2. The first kappa shape index (κ1) is 31.7. The predicted octanol–water partition coefficient (Wildman–Crippen LogP) is 6.59. The summed E-state index contributed by atoms with van der Waals surface area (Å²) in [5.41, 5.74) is -3.49. The van der Waals surface area contributed by atoms with Gasteiger partial charge in [0.25, 0.3) is 0 Å². The van der Waals surface area contributed by atoms with Gasteiger partial charge < -0.3 is 29.2 Å². The average molecular weight is 669 g/mol. The molecule has 0 aliphatic carbocycles. The lowest BCUT2D eigenvalue weighted by atomic mass is 9.79. The summed E-state index contributed by atoms with van der Waals surface area (Å²) in [6.45, 7) is 16.6. The van der Waals surface area contributed by atoms with E-state index in [1.54, 1.807) is 0 Å². The SMILES string of the molecule is CC1(C)O[C@@H](CC[C@@](C)(O)[C@H]2CC[C@@H]3O[C@]4(C)CC[C@H](Br)C(C)(C)O[C@H]4CC[C@@]3(C)O2)[C@@](C)(O)CC[C@H]1Br. The Morgan fingerprint density at radius 2 is 1.24 bits per heavy atom. The van der Waals surface area contributed by atoms with Crippen LogP contribution in [-0.2, 0) is 18.9 Å². The summed E-state index contributed by atoms with van der Waals surface area (Å²) in [6, 6.07) is 0. The molecule has 222 valence electrons. The summed E-state index contributed by atoms with van der Waals surface area (Å²) in [7, 11) is 0. The minimum Gasteiger partial charge on any atom is -0.387 e. The first-order chi connectivity index (χ1) is 17.3. The fourth-order valence-corrected chi connectivity index (χ4v) is 7.76. The Morgan fingerprint density at radius 3 is 1.89 bits per heavy atom. The lowest BCUT2D eigenvalue weighted by Crippen LogP contribution is -2.57. The van der Waals surface area contributed by atoms with Crippen LogP contribution >= 0.6 is 31.9 Å². The summed E-state index contributed by atoms with van der Waals surface area (Å²) < 4.78 is 26.8. The number of hydrogen-bond donors (Lipinski definition) is 2. The molecule has 0 amide bonds. The van der Waals surface area contributed by atoms with Crippen LogP contribution in [0.5, 0.6) is 0 Å². The number of hydrogen-bond acceptors (Lipinski definition) is 6. The Balaban J connectivity index is 1.44. The van der Waals surface area contributed by atoms with E-state index in [-0.39, 0.29) is 40.4 Å². The molecule has 4 aliphatic rings. The van der Waals surface area contributed by atoms with Crippen LogP contribution in [0.1, 0.15) is 120 Å². The van der Waals surface area contributed by atoms with Gasteiger partial charge in [-0.05, 0) is 120 Å². The van der Waals surface area contributed by atoms with Crippen molar-refractivity contribution in [3.63, 3.8) is 0 Å². The lowest BCUT2D eigenvalue weighted by molar-refractivity contribution is -0.261. The minimum atomic E-state index is -1.04. The molecule has 8 heteroatoms. The fraction of sp³-hybridized carbons (Fsp3) is 1.00. The van der Waals surface area contributed by atoms with Crippen LogP contribution in [0.15, 0.2) is 0 Å². The third-order valence-electron chi connectivity index (χ3n) is 10.3. The van der Waals surface area contributed by atoms with Crippen molar-refractivity contribution >= 4 is 31.9 Å². The molecule has 0 bridgehead atoms. The highest BCUT2D eigenvalue weighted by Gasteiger charge is 2.55. The Hall–Kier alpha value is 0.720. The van der Waals surface area contributed by atoms with Gasteiger partial charge in [0.2, 0.25) is 0 Å². The lowest BCUT2D eigenvalue weighted by Gasteiger charge is -2.49. The van der Waals surface area contributed by atoms with E-state index in [1.807, 2.05) is 13.8 Å². The molecule has 4 fully saturated rings. The highest BCUT2D eigenvalue weighted by molar-refractivity contribution is 9.09. The molecule has 0 aromatic carbocycles. The van der Waals surface area contributed by atoms with Gasteiger partial charge in [-0.15, -0.1) is 0 Å². The molecule has 0 unspecified atom stereocenters. The molecular formula is C30H52Br2O6. The molecule has 4 heterocycles. The molecule has 0 spiro atoms. The van der Waals surface area contributed by atoms with Gasteiger partial charge in [0, 0.05) is 9.65 Å². The zero-order valence-electron chi connectivity index (χ0n) is 24.8. The molecule has 2 N–H and O–H groups in total. The largest absolute Gasteiger partial charge is 0.387 e. The second kappa shape index (κ2) is 10.8. The first-order valence-corrected chi connectivity index (χ1v) is 16.6. The van der Waals surface area contributed by atoms with Crippen molar-refractivity contribution in [3.8, 4) is 0 Å². The molecule has 6 nitrogen and oxygen atoms in total. The van der Waals surface area contributed by atoms with E-state index in [2.05, 4.69) is 73.4 Å². The molecule has 4 aliphatic heterocycles. The number of ether oxygens (including phenoxy) is 4. The number of fused-ring (bicyclic) bond motifs is 2. The molecule has 0 saturated carbocycles. The third-order valence-corrected chi connectivity index (χ3v) is 13.4. The fourth-order valence-electron chi connectivity index (χ4n) is 7.09. The molecule has 38 heavy (non-hydrogen) atoms. The van der Waals surface area contributed by atoms with Crippen LogP contribution in [-0.4, -0.2) is 77.9 Å². The third kappa shape index (κ3) is 6.38. The maximum Gasteiger partial charge on any atom is 0.0921 e. The summed E-state index contributed by atoms with van der Waals surface area (Å²) in [5, 5.41) is 22.9. The van der Waals surface area contributed by atoms with Crippen LogP contribution in [0.3, 0.4) is 0 Å². The van der Waals surface area contributed by atoms with Crippen molar-refractivity contribution in [3.05, 3.63) is 0 Å². The number of rotatable bonds is 4. The number of aliphatic hydroxyl groups is 2. The van der Waals surface area contributed by atoms with Crippen molar-refractivity contribution in [2.75, 3.05) is 0 Å². The molecule has 0 radical (unpaired) electrons. The van der Waals surface area contributed by atoms with Gasteiger partial charge in [-0.25, -0.2) is 0 Å². The van der Waals surface area contributed by atoms with Gasteiger partial charge in [-0.1, -0.05) is 31.9 Å². The Morgan fingerprint density at radius 1 is 0.711 bits per heavy atom. The Kier molecular flexibility index (Phi) is 8.97. The normalized spacial score (nSPS) is 48.9. The van der Waals surface area contributed by atoms with E-state index < -0.39 is 22.4 Å². The average Bonchev–Trinajstić information content (AvgIpc) is 3.01. The van der Waals surface area contributed by atoms with E-state index in [1.165, 1.54) is 0 Å². The van der Waals surface area contributed by atoms with Crippen LogP contribution in [0.2, 0.25) is 0 Å². The minimum absolute atomic E-state index is 0.00117. The summed E-state index contributed by atoms with van der Waals surface area (Å²) in [5.74, 6) is 0. The van der Waals surface area contributed by atoms with Crippen LogP contribution in [0, 0.1) is 0 Å². The van der Waals surface area contributed by atoms with Crippen molar-refractivity contribution in [1.82, 2.24) is 0 Å². The van der Waals surface area contributed by atoms with Crippen molar-refractivity contribution < 1.29 is 29.2 Å². The van der Waals surface area contributed by atoms with E-state index in [4.69, 9.17) is 18.9 Å². The van der Waals surface area contributed by atoms with Crippen molar-refractivity contribution in [1.29, 1.82) is 0 Å². The van der Waals surface area contributed by atoms with Gasteiger partial charge in [-0.2, -0.15) is 0 Å². The Labute approximate surface area is 247 Å². The summed E-state index contributed by atoms with van der Waals surface area (Å²) in [6.07, 6.45) is 7.08. The highest BCUT2D eigenvalue weighted by atomic mass is 79.9. The first-order valence-electron chi connectivity index (χ1n) is 14.7. The quantitative estimate of drug-likeness (QED) is 0.330. The van der Waals surface area contributed by atoms with Gasteiger partial charge in [0.05, 0.1) is 58.0 Å². The summed E-state index contributed by atoms with van der Waals surface area (Å²) >= 11 is 7.60. The number of alkyl halides is 2. The zero-order valence-corrected chi connectivity index (χ0v) is 28.0. The monoisotopic (exact) mass is 666 g/mol. The maximum absolute atomic E-state index is 11.7. The molecule has 10 atom stereocenters. The Bertz CT molecular complexity index is 847. The van der Waals surface area contributed by atoms with Crippen molar-refractivity contribution in [2.24, 2.45) is 0 Å². The molecular weight excluding hydrogens is 616 g/mol. The van der Waals surface area contributed by atoms with E-state index in [9.17, 15) is 10.2 Å². The smallest absolute Gasteiger partial charge is 0.0921 e. The topological polar surface area (TPSA) is 77.4 Å². The van der Waals surface area contributed by atoms with Crippen LogP contribution < -0.4 is 0 Å². The van der Waals surface area contributed by atoms with Crippen LogP contribution in [0.25, 0.3) is 0 Å². The van der Waals surface area contributed by atoms with E-state index in [0.29, 0.717) is 24.1 Å². The van der Waals surface area contributed by atoms with Gasteiger partial charge >= 0.3 is 0 Å². The van der Waals surface area contributed by atoms with Crippen molar-refractivity contribution in [2.45, 2.75) is 187 Å². The second-order valence-corrected chi connectivity index (χ2v) is 16.9. The van der Waals surface area contributed by atoms with E-state index >= 15 is 0 Å². The standard InChI is InChI=1S/C30H52Br2O6/c1-25(2)19(31)11-15-27(5,33)22(35-25)13-16-28(6,34)21-9-10-23-30(8,37-21)18-14-24-29(7,38-23)17-12-20(32)26(3,4)36-24/h19-24,33-34H,9-18H2,1-8H3/t19-,20+,21-,22+,23+,24+,27+,28-,29-,30-/m1/s1. The van der Waals surface area contributed by atoms with Crippen LogP contribution in [0.4, 0.5) is 0 Å². The van der Waals surface area contributed by atoms with Gasteiger partial charge in [0.1, 0.15) is 0 Å². The highest BCUT2D eigenvalue weighted by Crippen LogP contribution is 2.49. The molecule has 0 aromatic heterocycles. The molecule has 0 aromatic rings. The maximum atomic E-state index is 11.7. The predicted molar refractivity (Wildman–Crippen MR) is 157 cm³/mol. The molecule has 4 saturated heterocycles. The molecule has 4 rings (SSSR count). The zero-order chi connectivity index (χ0) is 28.4. The second-order valence-electron chi connectivity index (χ2n) is 14.6.